The van der Waals surface area contributed by atoms with Gasteiger partial charge in [-0.15, -0.1) is 0 Å². The third kappa shape index (κ3) is 3.54. The summed E-state index contributed by atoms with van der Waals surface area (Å²) in [6.45, 7) is 1.48. The quantitative estimate of drug-likeness (QED) is 0.626. The number of fused-ring (bicyclic) bond motifs is 1. The number of benzene rings is 3. The van der Waals surface area contributed by atoms with Gasteiger partial charge in [0.05, 0.1) is 6.42 Å². The molecule has 1 N–H and O–H groups in total. The Kier molecular flexibility index (Phi) is 5.01. The molecule has 7 rings (SSSR count). The lowest BCUT2D eigenvalue weighted by Gasteiger charge is -2.45. The Morgan fingerprint density at radius 1 is 0.879 bits per heavy atom. The first kappa shape index (κ1) is 20.2. The number of nitrogens with one attached hydrogen (secondary N) is 1. The summed E-state index contributed by atoms with van der Waals surface area (Å²) in [4.78, 5) is 26.5. The topological polar surface area (TPSA) is 49.4 Å². The first-order valence-electron chi connectivity index (χ1n) is 12.0. The molecule has 166 valence electrons. The highest BCUT2D eigenvalue weighted by atomic mass is 16.2. The fourth-order valence-corrected chi connectivity index (χ4v) is 6.17. The summed E-state index contributed by atoms with van der Waals surface area (Å²) in [5, 5.41) is 3.22. The van der Waals surface area contributed by atoms with Gasteiger partial charge in [0.25, 0.3) is 0 Å². The van der Waals surface area contributed by atoms with Crippen LogP contribution >= 0.6 is 0 Å². The number of hydrogen-bond acceptors (Lipinski definition) is 2. The monoisotopic (exact) mass is 436 g/mol. The Morgan fingerprint density at radius 3 is 2.12 bits per heavy atom. The number of nitrogens with zero attached hydrogens (tertiary/aromatic N) is 1. The Balaban J connectivity index is 1.13. The van der Waals surface area contributed by atoms with Gasteiger partial charge in [-0.05, 0) is 58.7 Å². The van der Waals surface area contributed by atoms with Crippen LogP contribution in [0.25, 0.3) is 0 Å². The van der Waals surface area contributed by atoms with Gasteiger partial charge in [0.15, 0.2) is 0 Å². The van der Waals surface area contributed by atoms with Crippen LogP contribution in [0.1, 0.15) is 58.9 Å². The van der Waals surface area contributed by atoms with Gasteiger partial charge in [0.2, 0.25) is 11.8 Å². The van der Waals surface area contributed by atoms with Crippen molar-refractivity contribution < 1.29 is 9.59 Å². The summed E-state index contributed by atoms with van der Waals surface area (Å²) in [6.07, 6.45) is 2.99. The molecule has 1 unspecified atom stereocenters. The molecule has 1 heterocycles. The normalized spacial score (nSPS) is 22.7. The molecule has 3 aliphatic carbocycles. The zero-order valence-electron chi connectivity index (χ0n) is 18.7. The van der Waals surface area contributed by atoms with Crippen LogP contribution in [0.3, 0.4) is 0 Å². The number of carbonyl (C=O) groups excluding carboxylic acids is 2. The maximum absolute atomic E-state index is 12.8. The average Bonchev–Trinajstić information content (AvgIpc) is 3.29. The zero-order chi connectivity index (χ0) is 22.4. The van der Waals surface area contributed by atoms with E-state index in [-0.39, 0.29) is 11.8 Å². The molecule has 3 aromatic rings. The summed E-state index contributed by atoms with van der Waals surface area (Å²) in [5.41, 5.74) is 7.68. The first-order chi connectivity index (χ1) is 16.2. The molecule has 0 saturated carbocycles. The minimum atomic E-state index is 0.0583. The second-order valence-corrected chi connectivity index (χ2v) is 9.58. The van der Waals surface area contributed by atoms with Crippen LogP contribution in [0.4, 0.5) is 5.69 Å². The molecule has 4 nitrogen and oxygen atoms in total. The number of rotatable bonds is 5. The third-order valence-corrected chi connectivity index (χ3v) is 7.67. The summed E-state index contributed by atoms with van der Waals surface area (Å²) >= 11 is 0. The molecule has 3 aromatic carbocycles. The van der Waals surface area contributed by atoms with E-state index in [9.17, 15) is 9.59 Å². The summed E-state index contributed by atoms with van der Waals surface area (Å²) in [6, 6.07) is 25.5. The van der Waals surface area contributed by atoms with Crippen LogP contribution < -0.4 is 10.2 Å². The first-order valence-corrected chi connectivity index (χ1v) is 12.0. The van der Waals surface area contributed by atoms with Crippen LogP contribution in [0.2, 0.25) is 0 Å². The van der Waals surface area contributed by atoms with Crippen molar-refractivity contribution in [1.29, 1.82) is 0 Å². The van der Waals surface area contributed by atoms with Gasteiger partial charge in [-0.25, -0.2) is 0 Å². The molecule has 2 amide bonds. The van der Waals surface area contributed by atoms with E-state index in [1.54, 1.807) is 0 Å². The molecule has 1 atom stereocenters. The maximum atomic E-state index is 12.8. The lowest BCUT2D eigenvalue weighted by molar-refractivity contribution is -0.120. The van der Waals surface area contributed by atoms with Crippen molar-refractivity contribution in [1.82, 2.24) is 5.32 Å². The molecule has 4 aliphatic rings. The standard InChI is InChI=1S/C29H28N2O2/c32-27(16-19-11-13-21(14-12-19)31-15-5-10-28(31)33)30-18-20-17-26-22-6-1-3-8-24(22)29(20)25-9-4-2-7-23(25)26/h1-4,6-9,11-14,20,26,29H,5,10,15-18H2,(H,30,32). The Hall–Kier alpha value is -3.40. The maximum Gasteiger partial charge on any atom is 0.227 e. The Labute approximate surface area is 194 Å². The lowest BCUT2D eigenvalue weighted by atomic mass is 9.59. The van der Waals surface area contributed by atoms with Gasteiger partial charge in [-0.3, -0.25) is 9.59 Å². The summed E-state index contributed by atoms with van der Waals surface area (Å²) in [7, 11) is 0. The SMILES string of the molecule is O=C(Cc1ccc(N2CCCC2=O)cc1)NCC1CC2c3ccccc3C1c1ccccc12. The molecule has 4 heteroatoms. The van der Waals surface area contributed by atoms with Crippen molar-refractivity contribution in [2.75, 3.05) is 18.0 Å². The van der Waals surface area contributed by atoms with E-state index in [4.69, 9.17) is 0 Å². The van der Waals surface area contributed by atoms with Crippen LogP contribution in [0.5, 0.6) is 0 Å². The molecule has 0 radical (unpaired) electrons. The lowest BCUT2D eigenvalue weighted by Crippen LogP contribution is -2.39. The van der Waals surface area contributed by atoms with Crippen molar-refractivity contribution in [3.63, 3.8) is 0 Å². The highest BCUT2D eigenvalue weighted by molar-refractivity contribution is 5.95. The Morgan fingerprint density at radius 2 is 1.52 bits per heavy atom. The predicted octanol–water partition coefficient (Wildman–Crippen LogP) is 4.77. The van der Waals surface area contributed by atoms with E-state index in [0.29, 0.717) is 37.1 Å². The molecular weight excluding hydrogens is 408 g/mol. The predicted molar refractivity (Wildman–Crippen MR) is 129 cm³/mol. The molecule has 0 aromatic heterocycles. The highest BCUT2D eigenvalue weighted by Gasteiger charge is 2.42. The fourth-order valence-electron chi connectivity index (χ4n) is 6.17. The number of amides is 2. The van der Waals surface area contributed by atoms with Crippen molar-refractivity contribution >= 4 is 17.5 Å². The molecular formula is C29H28N2O2. The van der Waals surface area contributed by atoms with Crippen molar-refractivity contribution in [3.05, 3.63) is 101 Å². The van der Waals surface area contributed by atoms with Crippen molar-refractivity contribution in [2.45, 2.75) is 37.5 Å². The largest absolute Gasteiger partial charge is 0.356 e. The minimum absolute atomic E-state index is 0.0583. The summed E-state index contributed by atoms with van der Waals surface area (Å²) in [5.74, 6) is 1.42. The van der Waals surface area contributed by atoms with Gasteiger partial charge < -0.3 is 10.2 Å². The zero-order valence-corrected chi connectivity index (χ0v) is 18.7. The molecule has 0 spiro atoms. The van der Waals surface area contributed by atoms with Crippen molar-refractivity contribution in [2.24, 2.45) is 5.92 Å². The third-order valence-electron chi connectivity index (χ3n) is 7.67. The van der Waals surface area contributed by atoms with Gasteiger partial charge >= 0.3 is 0 Å². The summed E-state index contributed by atoms with van der Waals surface area (Å²) < 4.78 is 0. The molecule has 1 aliphatic heterocycles. The van der Waals surface area contributed by atoms with Crippen LogP contribution in [0.15, 0.2) is 72.8 Å². The number of hydrogen-bond donors (Lipinski definition) is 1. The second-order valence-electron chi connectivity index (χ2n) is 9.58. The number of carbonyl (C=O) groups is 2. The molecule has 33 heavy (non-hydrogen) atoms. The highest BCUT2D eigenvalue weighted by Crippen LogP contribution is 2.55. The fraction of sp³-hybridized carbons (Fsp3) is 0.310. The van der Waals surface area contributed by atoms with Gasteiger partial charge in [0, 0.05) is 37.0 Å². The van der Waals surface area contributed by atoms with Crippen LogP contribution in [0, 0.1) is 5.92 Å². The van der Waals surface area contributed by atoms with Crippen LogP contribution in [-0.2, 0) is 16.0 Å². The van der Waals surface area contributed by atoms with Gasteiger partial charge in [-0.2, -0.15) is 0 Å². The minimum Gasteiger partial charge on any atom is -0.356 e. The van der Waals surface area contributed by atoms with Crippen molar-refractivity contribution in [3.8, 4) is 0 Å². The van der Waals surface area contributed by atoms with E-state index in [2.05, 4.69) is 53.8 Å². The van der Waals surface area contributed by atoms with E-state index in [0.717, 1.165) is 30.6 Å². The van der Waals surface area contributed by atoms with Crippen LogP contribution in [-0.4, -0.2) is 24.9 Å². The second kappa shape index (κ2) is 8.18. The number of anilines is 1. The van der Waals surface area contributed by atoms with E-state index >= 15 is 0 Å². The smallest absolute Gasteiger partial charge is 0.227 e. The molecule has 1 saturated heterocycles. The van der Waals surface area contributed by atoms with E-state index < -0.39 is 0 Å². The average molecular weight is 437 g/mol. The van der Waals surface area contributed by atoms with E-state index in [1.165, 1.54) is 22.3 Å². The van der Waals surface area contributed by atoms with Gasteiger partial charge in [0.1, 0.15) is 0 Å². The Bertz CT molecular complexity index is 1170. The molecule has 2 bridgehead atoms. The van der Waals surface area contributed by atoms with Gasteiger partial charge in [-0.1, -0.05) is 60.7 Å². The van der Waals surface area contributed by atoms with E-state index in [1.807, 2.05) is 29.2 Å². The molecule has 1 fully saturated rings.